The molecule has 6 nitrogen and oxygen atoms in total. The fraction of sp³-hybridized carbons (Fsp3) is 0.312. The molecule has 0 aliphatic rings. The minimum Gasteiger partial charge on any atom is -0.424 e. The van der Waals surface area contributed by atoms with Crippen molar-refractivity contribution in [1.29, 1.82) is 0 Å². The number of aryl methyl sites for hydroxylation is 1. The Balaban J connectivity index is 1.94. The molecule has 2 rings (SSSR count). The second kappa shape index (κ2) is 7.51. The van der Waals surface area contributed by atoms with E-state index in [1.807, 2.05) is 20.9 Å². The van der Waals surface area contributed by atoms with Crippen LogP contribution in [0.25, 0.3) is 0 Å². The van der Waals surface area contributed by atoms with Gasteiger partial charge in [-0.2, -0.15) is 0 Å². The van der Waals surface area contributed by atoms with Gasteiger partial charge in [0.15, 0.2) is 0 Å². The first-order chi connectivity index (χ1) is 10.6. The van der Waals surface area contributed by atoms with Crippen LogP contribution in [-0.4, -0.2) is 29.0 Å². The number of benzene rings is 1. The Morgan fingerprint density at radius 1 is 1.27 bits per heavy atom. The molecule has 1 amide bonds. The van der Waals surface area contributed by atoms with E-state index in [0.29, 0.717) is 18.2 Å². The number of amides is 1. The lowest BCUT2D eigenvalue weighted by atomic mass is 10.2. The van der Waals surface area contributed by atoms with Crippen molar-refractivity contribution in [2.45, 2.75) is 26.3 Å². The Hall–Kier alpha value is -2.47. The summed E-state index contributed by atoms with van der Waals surface area (Å²) < 4.78 is 5.56. The van der Waals surface area contributed by atoms with Crippen LogP contribution in [-0.2, 0) is 4.79 Å². The third kappa shape index (κ3) is 4.82. The molecule has 0 aliphatic heterocycles. The number of anilines is 1. The topological polar surface area (TPSA) is 76.1 Å². The molecule has 1 aromatic heterocycles. The van der Waals surface area contributed by atoms with E-state index in [0.717, 1.165) is 11.4 Å². The molecule has 2 N–H and O–H groups in total. The SMILES string of the molecule is CN[C@@H](C)CC(=O)Nc1ccc(Oc2nccc(C)n2)cc1. The largest absolute Gasteiger partial charge is 0.424 e. The number of hydrogen-bond donors (Lipinski definition) is 2. The average Bonchev–Trinajstić information content (AvgIpc) is 2.49. The van der Waals surface area contributed by atoms with Gasteiger partial charge < -0.3 is 15.4 Å². The summed E-state index contributed by atoms with van der Waals surface area (Å²) in [6.07, 6.45) is 2.07. The second-order valence-corrected chi connectivity index (χ2v) is 5.05. The molecule has 1 aromatic carbocycles. The lowest BCUT2D eigenvalue weighted by Crippen LogP contribution is -2.27. The Morgan fingerprint density at radius 3 is 2.64 bits per heavy atom. The van der Waals surface area contributed by atoms with E-state index in [9.17, 15) is 4.79 Å². The molecule has 22 heavy (non-hydrogen) atoms. The summed E-state index contributed by atoms with van der Waals surface area (Å²) in [5.74, 6) is 0.588. The van der Waals surface area contributed by atoms with Gasteiger partial charge in [0.05, 0.1) is 0 Å². The molecule has 0 saturated carbocycles. The zero-order valence-corrected chi connectivity index (χ0v) is 13.0. The summed E-state index contributed by atoms with van der Waals surface area (Å²) in [6, 6.07) is 9.35. The summed E-state index contributed by atoms with van der Waals surface area (Å²) in [4.78, 5) is 20.0. The summed E-state index contributed by atoms with van der Waals surface area (Å²) in [5.41, 5.74) is 1.57. The molecule has 0 fully saturated rings. The van der Waals surface area contributed by atoms with E-state index in [1.54, 1.807) is 36.5 Å². The monoisotopic (exact) mass is 300 g/mol. The van der Waals surface area contributed by atoms with Gasteiger partial charge in [0.2, 0.25) is 5.91 Å². The fourth-order valence-electron chi connectivity index (χ4n) is 1.78. The lowest BCUT2D eigenvalue weighted by molar-refractivity contribution is -0.116. The number of rotatable bonds is 6. The summed E-state index contributed by atoms with van der Waals surface area (Å²) >= 11 is 0. The number of carbonyl (C=O) groups is 1. The van der Waals surface area contributed by atoms with Crippen LogP contribution < -0.4 is 15.4 Å². The number of hydrogen-bond acceptors (Lipinski definition) is 5. The molecule has 0 bridgehead atoms. The number of nitrogens with one attached hydrogen (secondary N) is 2. The smallest absolute Gasteiger partial charge is 0.322 e. The third-order valence-corrected chi connectivity index (χ3v) is 3.10. The van der Waals surface area contributed by atoms with Crippen LogP contribution in [0, 0.1) is 6.92 Å². The zero-order chi connectivity index (χ0) is 15.9. The van der Waals surface area contributed by atoms with E-state index >= 15 is 0 Å². The summed E-state index contributed by atoms with van der Waals surface area (Å²) in [6.45, 7) is 3.83. The second-order valence-electron chi connectivity index (χ2n) is 5.05. The Kier molecular flexibility index (Phi) is 5.43. The van der Waals surface area contributed by atoms with Crippen molar-refractivity contribution >= 4 is 11.6 Å². The van der Waals surface area contributed by atoms with Gasteiger partial charge in [-0.1, -0.05) is 0 Å². The minimum atomic E-state index is -0.0301. The van der Waals surface area contributed by atoms with Crippen LogP contribution in [0.2, 0.25) is 0 Å². The normalized spacial score (nSPS) is 11.8. The molecule has 0 saturated heterocycles. The van der Waals surface area contributed by atoms with Crippen LogP contribution in [0.4, 0.5) is 5.69 Å². The van der Waals surface area contributed by atoms with Crippen LogP contribution >= 0.6 is 0 Å². The summed E-state index contributed by atoms with van der Waals surface area (Å²) in [5, 5.41) is 5.87. The maximum atomic E-state index is 11.8. The fourth-order valence-corrected chi connectivity index (χ4v) is 1.78. The van der Waals surface area contributed by atoms with Crippen molar-refractivity contribution in [2.24, 2.45) is 0 Å². The molecule has 2 aromatic rings. The highest BCUT2D eigenvalue weighted by atomic mass is 16.5. The maximum Gasteiger partial charge on any atom is 0.322 e. The first kappa shape index (κ1) is 15.9. The molecular weight excluding hydrogens is 280 g/mol. The summed E-state index contributed by atoms with van der Waals surface area (Å²) in [7, 11) is 1.83. The number of carbonyl (C=O) groups excluding carboxylic acids is 1. The van der Waals surface area contributed by atoms with Crippen LogP contribution in [0.15, 0.2) is 36.5 Å². The van der Waals surface area contributed by atoms with E-state index < -0.39 is 0 Å². The maximum absolute atomic E-state index is 11.8. The van der Waals surface area contributed by atoms with Gasteiger partial charge in [0.25, 0.3) is 0 Å². The van der Waals surface area contributed by atoms with Crippen molar-refractivity contribution in [2.75, 3.05) is 12.4 Å². The van der Waals surface area contributed by atoms with Gasteiger partial charge in [-0.25, -0.2) is 9.97 Å². The predicted octanol–water partition coefficient (Wildman–Crippen LogP) is 2.51. The van der Waals surface area contributed by atoms with Crippen LogP contribution in [0.1, 0.15) is 19.0 Å². The van der Waals surface area contributed by atoms with Crippen LogP contribution in [0.3, 0.4) is 0 Å². The van der Waals surface area contributed by atoms with Gasteiger partial charge >= 0.3 is 6.01 Å². The van der Waals surface area contributed by atoms with Crippen molar-refractivity contribution in [3.05, 3.63) is 42.2 Å². The average molecular weight is 300 g/mol. The molecule has 1 atom stereocenters. The van der Waals surface area contributed by atoms with Crippen LogP contribution in [0.5, 0.6) is 11.8 Å². The highest BCUT2D eigenvalue weighted by Crippen LogP contribution is 2.20. The highest BCUT2D eigenvalue weighted by Gasteiger charge is 2.07. The minimum absolute atomic E-state index is 0.0301. The number of ether oxygens (including phenoxy) is 1. The first-order valence-corrected chi connectivity index (χ1v) is 7.11. The van der Waals surface area contributed by atoms with Gasteiger partial charge in [-0.3, -0.25) is 4.79 Å². The molecule has 116 valence electrons. The van der Waals surface area contributed by atoms with Gasteiger partial charge in [0, 0.05) is 30.0 Å². The third-order valence-electron chi connectivity index (χ3n) is 3.10. The van der Waals surface area contributed by atoms with Gasteiger partial charge in [-0.05, 0) is 51.2 Å². The quantitative estimate of drug-likeness (QED) is 0.857. The molecule has 1 heterocycles. The van der Waals surface area contributed by atoms with Crippen molar-refractivity contribution in [3.63, 3.8) is 0 Å². The first-order valence-electron chi connectivity index (χ1n) is 7.11. The van der Waals surface area contributed by atoms with E-state index in [-0.39, 0.29) is 11.9 Å². The van der Waals surface area contributed by atoms with Gasteiger partial charge in [-0.15, -0.1) is 0 Å². The van der Waals surface area contributed by atoms with Gasteiger partial charge in [0.1, 0.15) is 5.75 Å². The molecular formula is C16H20N4O2. The molecule has 0 spiro atoms. The lowest BCUT2D eigenvalue weighted by Gasteiger charge is -2.10. The number of aromatic nitrogens is 2. The predicted molar refractivity (Wildman–Crippen MR) is 85.1 cm³/mol. The van der Waals surface area contributed by atoms with Crippen molar-refractivity contribution < 1.29 is 9.53 Å². The van der Waals surface area contributed by atoms with E-state index in [4.69, 9.17) is 4.74 Å². The molecule has 0 radical (unpaired) electrons. The molecule has 0 aliphatic carbocycles. The Bertz CT molecular complexity index is 628. The Morgan fingerprint density at radius 2 is 2.00 bits per heavy atom. The van der Waals surface area contributed by atoms with E-state index in [1.165, 1.54) is 0 Å². The molecule has 6 heteroatoms. The van der Waals surface area contributed by atoms with Crippen molar-refractivity contribution in [1.82, 2.24) is 15.3 Å². The Labute approximate surface area is 129 Å². The molecule has 0 unspecified atom stereocenters. The van der Waals surface area contributed by atoms with Crippen molar-refractivity contribution in [3.8, 4) is 11.8 Å². The van der Waals surface area contributed by atoms with E-state index in [2.05, 4.69) is 20.6 Å². The standard InChI is InChI=1S/C16H20N4O2/c1-11-8-9-18-16(19-11)22-14-6-4-13(5-7-14)20-15(21)10-12(2)17-3/h4-9,12,17H,10H2,1-3H3,(H,20,21)/t12-/m0/s1. The zero-order valence-electron chi connectivity index (χ0n) is 13.0. The number of nitrogens with zero attached hydrogens (tertiary/aromatic N) is 2. The highest BCUT2D eigenvalue weighted by molar-refractivity contribution is 5.91.